The highest BCUT2D eigenvalue weighted by atomic mass is 14.0. The average Bonchev–Trinajstić information content (AvgIpc) is 1.99. The van der Waals surface area contributed by atoms with Gasteiger partial charge >= 0.3 is 0 Å². The summed E-state index contributed by atoms with van der Waals surface area (Å²) in [6, 6.07) is 0. The summed E-state index contributed by atoms with van der Waals surface area (Å²) < 4.78 is 0. The van der Waals surface area contributed by atoms with Crippen molar-refractivity contribution < 1.29 is 0 Å². The predicted octanol–water partition coefficient (Wildman–Crippen LogP) is 3.00. The molecular weight excluding hydrogens is 120 g/mol. The molecule has 0 aliphatic rings. The van der Waals surface area contributed by atoms with Crippen molar-refractivity contribution in [1.82, 2.24) is 0 Å². The third kappa shape index (κ3) is 4.21. The molecule has 0 saturated heterocycles. The van der Waals surface area contributed by atoms with Crippen LogP contribution < -0.4 is 0 Å². The van der Waals surface area contributed by atoms with E-state index in [-0.39, 0.29) is 0 Å². The lowest BCUT2D eigenvalue weighted by molar-refractivity contribution is 0.585. The van der Waals surface area contributed by atoms with Crippen LogP contribution in [0, 0.1) is 17.8 Å². The topological polar surface area (TPSA) is 0 Å². The van der Waals surface area contributed by atoms with E-state index in [0.29, 0.717) is 5.92 Å². The highest BCUT2D eigenvalue weighted by Crippen LogP contribution is 2.10. The third-order valence-corrected chi connectivity index (χ3v) is 1.67. The third-order valence-electron chi connectivity index (χ3n) is 1.67. The molecule has 0 amide bonds. The van der Waals surface area contributed by atoms with E-state index in [2.05, 4.69) is 25.3 Å². The molecule has 0 saturated carbocycles. The maximum Gasteiger partial charge on any atom is 0.00941 e. The van der Waals surface area contributed by atoms with Gasteiger partial charge in [0.05, 0.1) is 0 Å². The second-order valence-electron chi connectivity index (χ2n) is 2.37. The van der Waals surface area contributed by atoms with Crippen LogP contribution in [0.1, 0.15) is 33.1 Å². The molecule has 0 rings (SSSR count). The summed E-state index contributed by atoms with van der Waals surface area (Å²) in [7, 11) is 0. The Balaban J connectivity index is 3.40. The van der Waals surface area contributed by atoms with E-state index < -0.39 is 0 Å². The zero-order valence-electron chi connectivity index (χ0n) is 6.98. The van der Waals surface area contributed by atoms with Crippen molar-refractivity contribution in [3.63, 3.8) is 0 Å². The van der Waals surface area contributed by atoms with Gasteiger partial charge in [-0.15, -0.1) is 18.4 Å². The second kappa shape index (κ2) is 6.42. The fourth-order valence-electron chi connectivity index (χ4n) is 0.871. The molecule has 1 unspecified atom stereocenters. The Bertz CT molecular complexity index is 134. The summed E-state index contributed by atoms with van der Waals surface area (Å²) in [6.45, 7) is 7.83. The Morgan fingerprint density at radius 1 is 1.60 bits per heavy atom. The van der Waals surface area contributed by atoms with Crippen LogP contribution in [0.5, 0.6) is 0 Å². The van der Waals surface area contributed by atoms with Gasteiger partial charge in [0, 0.05) is 6.42 Å². The molecule has 0 bridgehead atoms. The van der Waals surface area contributed by atoms with Gasteiger partial charge in [0.15, 0.2) is 0 Å². The molecule has 0 aliphatic heterocycles. The van der Waals surface area contributed by atoms with Gasteiger partial charge in [-0.3, -0.25) is 0 Å². The minimum absolute atomic E-state index is 0.667. The molecule has 0 aromatic carbocycles. The molecule has 0 heteroatoms. The average molecular weight is 136 g/mol. The molecule has 56 valence electrons. The zero-order chi connectivity index (χ0) is 7.82. The van der Waals surface area contributed by atoms with Gasteiger partial charge in [0.1, 0.15) is 0 Å². The Morgan fingerprint density at radius 3 is 2.70 bits per heavy atom. The smallest absolute Gasteiger partial charge is 0.00941 e. The number of allylic oxidation sites excluding steroid dienone is 1. The Hall–Kier alpha value is -0.700. The van der Waals surface area contributed by atoms with E-state index in [1.807, 2.05) is 13.0 Å². The zero-order valence-corrected chi connectivity index (χ0v) is 6.98. The van der Waals surface area contributed by atoms with Crippen LogP contribution in [-0.4, -0.2) is 0 Å². The minimum atomic E-state index is 0.667. The van der Waals surface area contributed by atoms with Crippen LogP contribution in [-0.2, 0) is 0 Å². The van der Waals surface area contributed by atoms with Crippen LogP contribution in [0.3, 0.4) is 0 Å². The normalized spacial score (nSPS) is 11.4. The summed E-state index contributed by atoms with van der Waals surface area (Å²) in [4.78, 5) is 0. The molecule has 10 heavy (non-hydrogen) atoms. The number of hydrogen-bond donors (Lipinski definition) is 0. The van der Waals surface area contributed by atoms with Gasteiger partial charge in [0.25, 0.3) is 0 Å². The summed E-state index contributed by atoms with van der Waals surface area (Å²) >= 11 is 0. The fourth-order valence-corrected chi connectivity index (χ4v) is 0.871. The van der Waals surface area contributed by atoms with Crippen molar-refractivity contribution in [3.8, 4) is 11.8 Å². The SMILES string of the molecule is C=CC(CC)CCC#CC. The van der Waals surface area contributed by atoms with Crippen LogP contribution in [0.4, 0.5) is 0 Å². The monoisotopic (exact) mass is 136 g/mol. The predicted molar refractivity (Wildman–Crippen MR) is 46.7 cm³/mol. The van der Waals surface area contributed by atoms with Crippen LogP contribution >= 0.6 is 0 Å². The molecule has 0 aliphatic carbocycles. The molecule has 0 N–H and O–H groups in total. The van der Waals surface area contributed by atoms with Gasteiger partial charge < -0.3 is 0 Å². The van der Waals surface area contributed by atoms with Crippen molar-refractivity contribution in [1.29, 1.82) is 0 Å². The number of rotatable bonds is 4. The summed E-state index contributed by atoms with van der Waals surface area (Å²) in [5, 5.41) is 0. The summed E-state index contributed by atoms with van der Waals surface area (Å²) in [6.07, 6.45) is 5.40. The highest BCUT2D eigenvalue weighted by Gasteiger charge is 1.97. The van der Waals surface area contributed by atoms with Gasteiger partial charge in [-0.25, -0.2) is 0 Å². The van der Waals surface area contributed by atoms with Crippen molar-refractivity contribution >= 4 is 0 Å². The molecule has 0 spiro atoms. The molecular formula is C10H16. The first kappa shape index (κ1) is 9.30. The quantitative estimate of drug-likeness (QED) is 0.411. The van der Waals surface area contributed by atoms with Gasteiger partial charge in [-0.2, -0.15) is 0 Å². The Morgan fingerprint density at radius 2 is 2.30 bits per heavy atom. The van der Waals surface area contributed by atoms with E-state index in [4.69, 9.17) is 0 Å². The van der Waals surface area contributed by atoms with E-state index in [1.165, 1.54) is 12.8 Å². The minimum Gasteiger partial charge on any atom is -0.107 e. The molecule has 0 heterocycles. The van der Waals surface area contributed by atoms with Crippen molar-refractivity contribution in [3.05, 3.63) is 12.7 Å². The van der Waals surface area contributed by atoms with Gasteiger partial charge in [-0.05, 0) is 25.7 Å². The summed E-state index contributed by atoms with van der Waals surface area (Å²) in [5.41, 5.74) is 0. The second-order valence-corrected chi connectivity index (χ2v) is 2.37. The molecule has 0 aromatic heterocycles. The van der Waals surface area contributed by atoms with Crippen molar-refractivity contribution in [2.24, 2.45) is 5.92 Å². The van der Waals surface area contributed by atoms with E-state index in [0.717, 1.165) is 6.42 Å². The first-order valence-corrected chi connectivity index (χ1v) is 3.87. The molecule has 0 fully saturated rings. The van der Waals surface area contributed by atoms with Crippen molar-refractivity contribution in [2.75, 3.05) is 0 Å². The molecule has 0 aromatic rings. The molecule has 0 nitrogen and oxygen atoms in total. The Labute approximate surface area is 64.3 Å². The maximum atomic E-state index is 3.76. The lowest BCUT2D eigenvalue weighted by atomic mass is 10.0. The standard InChI is InChI=1S/C10H16/c1-4-7-8-9-10(5-2)6-3/h5,10H,2,6,8-9H2,1,3H3. The fraction of sp³-hybridized carbons (Fsp3) is 0.600. The molecule has 0 radical (unpaired) electrons. The van der Waals surface area contributed by atoms with Crippen molar-refractivity contribution in [2.45, 2.75) is 33.1 Å². The molecule has 1 atom stereocenters. The largest absolute Gasteiger partial charge is 0.107 e. The van der Waals surface area contributed by atoms with E-state index in [1.54, 1.807) is 0 Å². The first-order valence-electron chi connectivity index (χ1n) is 3.87. The van der Waals surface area contributed by atoms with Crippen LogP contribution in [0.2, 0.25) is 0 Å². The number of hydrogen-bond acceptors (Lipinski definition) is 0. The highest BCUT2D eigenvalue weighted by molar-refractivity contribution is 4.96. The lowest BCUT2D eigenvalue weighted by Crippen LogP contribution is -1.91. The lowest BCUT2D eigenvalue weighted by Gasteiger charge is -2.04. The van der Waals surface area contributed by atoms with Crippen LogP contribution in [0.15, 0.2) is 12.7 Å². The Kier molecular flexibility index (Phi) is 5.97. The van der Waals surface area contributed by atoms with E-state index >= 15 is 0 Å². The summed E-state index contributed by atoms with van der Waals surface area (Å²) in [5.74, 6) is 6.60. The van der Waals surface area contributed by atoms with Crippen LogP contribution in [0.25, 0.3) is 0 Å². The van der Waals surface area contributed by atoms with Gasteiger partial charge in [-0.1, -0.05) is 13.0 Å². The maximum absolute atomic E-state index is 3.76. The van der Waals surface area contributed by atoms with Gasteiger partial charge in [0.2, 0.25) is 0 Å². The van der Waals surface area contributed by atoms with E-state index in [9.17, 15) is 0 Å². The first-order chi connectivity index (χ1) is 4.85.